The number of nitrogens with one attached hydrogen (secondary N) is 1. The highest BCUT2D eigenvalue weighted by molar-refractivity contribution is 7.89. The van der Waals surface area contributed by atoms with E-state index in [9.17, 15) is 23.6 Å². The number of nitro groups is 1. The average molecular weight is 406 g/mol. The average Bonchev–Trinajstić information content (AvgIpc) is 2.66. The number of hydrogen-bond donors (Lipinski definition) is 2. The highest BCUT2D eigenvalue weighted by Crippen LogP contribution is 2.37. The first-order valence-electron chi connectivity index (χ1n) is 8.81. The van der Waals surface area contributed by atoms with Crippen molar-refractivity contribution in [3.63, 3.8) is 0 Å². The summed E-state index contributed by atoms with van der Waals surface area (Å²) >= 11 is 0. The number of aliphatic hydroxyl groups is 1. The lowest BCUT2D eigenvalue weighted by Gasteiger charge is -2.34. The van der Waals surface area contributed by atoms with Gasteiger partial charge in [0.05, 0.1) is 16.9 Å². The van der Waals surface area contributed by atoms with Gasteiger partial charge < -0.3 is 9.84 Å². The van der Waals surface area contributed by atoms with Gasteiger partial charge in [-0.1, -0.05) is 12.1 Å². The van der Waals surface area contributed by atoms with Gasteiger partial charge in [-0.2, -0.15) is 0 Å². The lowest BCUT2D eigenvalue weighted by atomic mass is 9.79. The normalized spacial score (nSPS) is 19.1. The molecule has 2 aromatic carbocycles. The van der Waals surface area contributed by atoms with E-state index in [0.717, 1.165) is 18.1 Å². The number of aryl methyl sites for hydroxylation is 2. The second-order valence-electron chi connectivity index (χ2n) is 6.94. The number of ether oxygens (including phenoxy) is 1. The minimum atomic E-state index is -4.04. The lowest BCUT2D eigenvalue weighted by Crippen LogP contribution is -2.43. The van der Waals surface area contributed by atoms with Crippen molar-refractivity contribution in [3.05, 3.63) is 63.2 Å². The molecule has 3 rings (SSSR count). The van der Waals surface area contributed by atoms with Crippen molar-refractivity contribution in [2.24, 2.45) is 0 Å². The van der Waals surface area contributed by atoms with Crippen LogP contribution >= 0.6 is 0 Å². The molecule has 0 amide bonds. The Kier molecular flexibility index (Phi) is 5.42. The Morgan fingerprint density at radius 2 is 2.04 bits per heavy atom. The van der Waals surface area contributed by atoms with Crippen molar-refractivity contribution >= 4 is 15.7 Å². The molecule has 1 aliphatic rings. The van der Waals surface area contributed by atoms with E-state index in [1.807, 2.05) is 6.07 Å². The second kappa shape index (κ2) is 7.50. The summed E-state index contributed by atoms with van der Waals surface area (Å²) in [4.78, 5) is 10.2. The standard InChI is InChI=1S/C19H22N2O6S/c1-13-5-6-15(21(23)24)11-18(13)28(25,26)20-12-19(22)9-3-4-14-10-16(27-2)7-8-17(14)19/h5-8,10-11,20,22H,3-4,9,12H2,1-2H3. The van der Waals surface area contributed by atoms with Gasteiger partial charge in [0.1, 0.15) is 11.4 Å². The molecule has 0 spiro atoms. The van der Waals surface area contributed by atoms with Crippen LogP contribution in [0, 0.1) is 17.0 Å². The molecule has 0 aliphatic heterocycles. The van der Waals surface area contributed by atoms with Gasteiger partial charge in [0.15, 0.2) is 0 Å². The zero-order chi connectivity index (χ0) is 20.5. The van der Waals surface area contributed by atoms with E-state index in [0.29, 0.717) is 29.7 Å². The Hall–Kier alpha value is -2.49. The third kappa shape index (κ3) is 3.87. The SMILES string of the molecule is COc1ccc2c(c1)CCCC2(O)CNS(=O)(=O)c1cc([N+](=O)[O-])ccc1C. The summed E-state index contributed by atoms with van der Waals surface area (Å²) in [5.74, 6) is 0.677. The summed E-state index contributed by atoms with van der Waals surface area (Å²) in [5.41, 5.74) is 0.303. The first-order valence-corrected chi connectivity index (χ1v) is 10.3. The molecule has 0 heterocycles. The van der Waals surface area contributed by atoms with Crippen LogP contribution in [-0.2, 0) is 22.0 Å². The van der Waals surface area contributed by atoms with E-state index in [2.05, 4.69) is 4.72 Å². The molecule has 2 N–H and O–H groups in total. The van der Waals surface area contributed by atoms with Crippen molar-refractivity contribution in [2.75, 3.05) is 13.7 Å². The summed E-state index contributed by atoms with van der Waals surface area (Å²) in [7, 11) is -2.48. The second-order valence-corrected chi connectivity index (χ2v) is 8.68. The monoisotopic (exact) mass is 406 g/mol. The van der Waals surface area contributed by atoms with Crippen LogP contribution in [0.25, 0.3) is 0 Å². The number of nitrogens with zero attached hydrogens (tertiary/aromatic N) is 1. The van der Waals surface area contributed by atoms with E-state index in [1.54, 1.807) is 26.2 Å². The minimum absolute atomic E-state index is 0.170. The molecule has 8 nitrogen and oxygen atoms in total. The first kappa shape index (κ1) is 20.2. The highest BCUT2D eigenvalue weighted by Gasteiger charge is 2.36. The van der Waals surface area contributed by atoms with Gasteiger partial charge in [0.2, 0.25) is 10.0 Å². The molecule has 9 heteroatoms. The molecule has 1 atom stereocenters. The smallest absolute Gasteiger partial charge is 0.270 e. The quantitative estimate of drug-likeness (QED) is 0.562. The number of nitro benzene ring substituents is 1. The third-order valence-corrected chi connectivity index (χ3v) is 6.62. The van der Waals surface area contributed by atoms with Gasteiger partial charge in [-0.05, 0) is 55.0 Å². The van der Waals surface area contributed by atoms with Crippen LogP contribution in [0.5, 0.6) is 5.75 Å². The third-order valence-electron chi connectivity index (χ3n) is 5.08. The Morgan fingerprint density at radius 1 is 1.29 bits per heavy atom. The lowest BCUT2D eigenvalue weighted by molar-refractivity contribution is -0.385. The molecule has 0 aromatic heterocycles. The number of methoxy groups -OCH3 is 1. The van der Waals surface area contributed by atoms with Gasteiger partial charge in [0, 0.05) is 18.7 Å². The first-order chi connectivity index (χ1) is 13.2. The molecule has 0 bridgehead atoms. The molecular formula is C19H22N2O6S. The topological polar surface area (TPSA) is 119 Å². The van der Waals surface area contributed by atoms with Crippen molar-refractivity contribution < 1.29 is 23.2 Å². The predicted molar refractivity (Wildman–Crippen MR) is 103 cm³/mol. The molecule has 1 aliphatic carbocycles. The summed E-state index contributed by atoms with van der Waals surface area (Å²) < 4.78 is 33.2. The van der Waals surface area contributed by atoms with Crippen molar-refractivity contribution in [2.45, 2.75) is 36.7 Å². The highest BCUT2D eigenvalue weighted by atomic mass is 32.2. The van der Waals surface area contributed by atoms with Crippen LogP contribution in [0.4, 0.5) is 5.69 Å². The fourth-order valence-corrected chi connectivity index (χ4v) is 4.88. The molecular weight excluding hydrogens is 384 g/mol. The molecule has 2 aromatic rings. The van der Waals surface area contributed by atoms with Crippen molar-refractivity contribution in [1.82, 2.24) is 4.72 Å². The molecule has 1 unspecified atom stereocenters. The maximum absolute atomic E-state index is 12.8. The van der Waals surface area contributed by atoms with Gasteiger partial charge in [-0.25, -0.2) is 13.1 Å². The van der Waals surface area contributed by atoms with Crippen LogP contribution in [0.1, 0.15) is 29.5 Å². The molecule has 28 heavy (non-hydrogen) atoms. The predicted octanol–water partition coefficient (Wildman–Crippen LogP) is 2.41. The Labute approximate surface area is 163 Å². The van der Waals surface area contributed by atoms with Crippen LogP contribution in [-0.4, -0.2) is 32.1 Å². The largest absolute Gasteiger partial charge is 0.497 e. The zero-order valence-electron chi connectivity index (χ0n) is 15.6. The molecule has 0 saturated heterocycles. The molecule has 0 saturated carbocycles. The number of benzene rings is 2. The maximum atomic E-state index is 12.8. The summed E-state index contributed by atoms with van der Waals surface area (Å²) in [6.07, 6.45) is 1.88. The van der Waals surface area contributed by atoms with Crippen LogP contribution < -0.4 is 9.46 Å². The minimum Gasteiger partial charge on any atom is -0.497 e. The van der Waals surface area contributed by atoms with Crippen LogP contribution in [0.3, 0.4) is 0 Å². The molecule has 0 fully saturated rings. The van der Waals surface area contributed by atoms with E-state index >= 15 is 0 Å². The Balaban J connectivity index is 1.88. The molecule has 150 valence electrons. The molecule has 0 radical (unpaired) electrons. The maximum Gasteiger partial charge on any atom is 0.270 e. The van der Waals surface area contributed by atoms with Crippen molar-refractivity contribution in [1.29, 1.82) is 0 Å². The van der Waals surface area contributed by atoms with Gasteiger partial charge in [-0.3, -0.25) is 10.1 Å². The van der Waals surface area contributed by atoms with Crippen molar-refractivity contribution in [3.8, 4) is 5.75 Å². The van der Waals surface area contributed by atoms with Gasteiger partial charge >= 0.3 is 0 Å². The fourth-order valence-electron chi connectivity index (χ4n) is 3.53. The van der Waals surface area contributed by atoms with E-state index in [-0.39, 0.29) is 17.1 Å². The number of non-ortho nitro benzene ring substituents is 1. The number of sulfonamides is 1. The summed E-state index contributed by atoms with van der Waals surface area (Å²) in [6, 6.07) is 9.00. The Morgan fingerprint density at radius 3 is 2.71 bits per heavy atom. The Bertz CT molecular complexity index is 1020. The van der Waals surface area contributed by atoms with E-state index in [4.69, 9.17) is 4.74 Å². The number of rotatable bonds is 6. The van der Waals surface area contributed by atoms with Gasteiger partial charge in [0.25, 0.3) is 5.69 Å². The zero-order valence-corrected chi connectivity index (χ0v) is 16.5. The number of hydrogen-bond acceptors (Lipinski definition) is 6. The van der Waals surface area contributed by atoms with E-state index in [1.165, 1.54) is 12.1 Å². The summed E-state index contributed by atoms with van der Waals surface area (Å²) in [5, 5.41) is 22.1. The summed E-state index contributed by atoms with van der Waals surface area (Å²) in [6.45, 7) is 1.34. The number of fused-ring (bicyclic) bond motifs is 1. The van der Waals surface area contributed by atoms with Crippen LogP contribution in [0.15, 0.2) is 41.3 Å². The van der Waals surface area contributed by atoms with E-state index < -0.39 is 20.5 Å². The fraction of sp³-hybridized carbons (Fsp3) is 0.368. The van der Waals surface area contributed by atoms with Crippen LogP contribution in [0.2, 0.25) is 0 Å². The van der Waals surface area contributed by atoms with Gasteiger partial charge in [-0.15, -0.1) is 0 Å².